The molecule has 1 heterocycles. The molecule has 0 aliphatic carbocycles. The van der Waals surface area contributed by atoms with Crippen LogP contribution in [0.1, 0.15) is 29.3 Å². The first-order valence-corrected chi connectivity index (χ1v) is 7.86. The first kappa shape index (κ1) is 16.2. The van der Waals surface area contributed by atoms with Gasteiger partial charge < -0.3 is 9.64 Å². The fourth-order valence-corrected chi connectivity index (χ4v) is 3.01. The molecule has 2 aromatic carbocycles. The lowest BCUT2D eigenvalue weighted by molar-refractivity contribution is -0.118. The zero-order valence-electron chi connectivity index (χ0n) is 13.6. The van der Waals surface area contributed by atoms with Gasteiger partial charge in [-0.2, -0.15) is 0 Å². The van der Waals surface area contributed by atoms with Crippen molar-refractivity contribution in [2.75, 3.05) is 18.6 Å². The van der Waals surface area contributed by atoms with Gasteiger partial charge in [0.05, 0.1) is 12.7 Å². The minimum absolute atomic E-state index is 0.0927. The molecule has 3 rings (SSSR count). The van der Waals surface area contributed by atoms with Crippen LogP contribution in [0.3, 0.4) is 0 Å². The lowest BCUT2D eigenvalue weighted by atomic mass is 10.00. The molecule has 0 fully saturated rings. The number of anilines is 1. The largest absolute Gasteiger partial charge is 0.465 e. The summed E-state index contributed by atoms with van der Waals surface area (Å²) in [5, 5.41) is 0. The summed E-state index contributed by atoms with van der Waals surface area (Å²) in [7, 11) is 1.26. The summed E-state index contributed by atoms with van der Waals surface area (Å²) < 4.78 is 19.0. The minimum atomic E-state index is -0.567. The first-order chi connectivity index (χ1) is 11.5. The number of hydrogen-bond donors (Lipinski definition) is 0. The van der Waals surface area contributed by atoms with Gasteiger partial charge in [-0.3, -0.25) is 4.79 Å². The van der Waals surface area contributed by atoms with E-state index in [0.717, 1.165) is 23.2 Å². The molecule has 24 heavy (non-hydrogen) atoms. The fraction of sp³-hybridized carbons (Fsp3) is 0.263. The molecule has 1 aliphatic heterocycles. The Morgan fingerprint density at radius 2 is 2.00 bits per heavy atom. The van der Waals surface area contributed by atoms with Crippen LogP contribution in [0.15, 0.2) is 36.4 Å². The zero-order chi connectivity index (χ0) is 17.3. The van der Waals surface area contributed by atoms with E-state index in [-0.39, 0.29) is 11.5 Å². The van der Waals surface area contributed by atoms with Gasteiger partial charge in [-0.25, -0.2) is 9.18 Å². The normalized spacial score (nSPS) is 12.9. The van der Waals surface area contributed by atoms with Crippen LogP contribution >= 0.6 is 0 Å². The average molecular weight is 327 g/mol. The zero-order valence-corrected chi connectivity index (χ0v) is 13.6. The maximum Gasteiger partial charge on any atom is 0.337 e. The van der Waals surface area contributed by atoms with Gasteiger partial charge in [-0.1, -0.05) is 19.1 Å². The molecule has 0 unspecified atom stereocenters. The second-order valence-corrected chi connectivity index (χ2v) is 5.68. The van der Waals surface area contributed by atoms with Crippen molar-refractivity contribution in [2.45, 2.75) is 19.8 Å². The molecule has 1 aliphatic rings. The van der Waals surface area contributed by atoms with Crippen molar-refractivity contribution in [1.29, 1.82) is 0 Å². The summed E-state index contributed by atoms with van der Waals surface area (Å²) in [6.45, 7) is 2.50. The van der Waals surface area contributed by atoms with E-state index in [1.54, 1.807) is 23.1 Å². The highest BCUT2D eigenvalue weighted by atomic mass is 19.1. The summed E-state index contributed by atoms with van der Waals surface area (Å²) in [6.07, 6.45) is 1.22. The number of halogens is 1. The van der Waals surface area contributed by atoms with E-state index < -0.39 is 11.8 Å². The number of amides is 1. The Bertz CT molecular complexity index is 816. The number of rotatable bonds is 3. The van der Waals surface area contributed by atoms with Gasteiger partial charge in [0, 0.05) is 24.2 Å². The van der Waals surface area contributed by atoms with Gasteiger partial charge in [-0.15, -0.1) is 0 Å². The van der Waals surface area contributed by atoms with Crippen LogP contribution in [-0.4, -0.2) is 25.5 Å². The van der Waals surface area contributed by atoms with Crippen LogP contribution in [0.2, 0.25) is 0 Å². The molecule has 1 amide bonds. The maximum atomic E-state index is 14.4. The molecule has 4 nitrogen and oxygen atoms in total. The van der Waals surface area contributed by atoms with Gasteiger partial charge in [0.15, 0.2) is 0 Å². The molecule has 0 atom stereocenters. The molecule has 0 saturated heterocycles. The Labute approximate surface area is 139 Å². The van der Waals surface area contributed by atoms with Crippen molar-refractivity contribution in [2.24, 2.45) is 0 Å². The van der Waals surface area contributed by atoms with E-state index in [1.165, 1.54) is 13.2 Å². The standard InChI is InChI=1S/C19H18FNO3/c1-3-18(22)21-9-8-13-10-12(5-7-17(13)21)15-6-4-14(11-16(15)20)19(23)24-2/h4-7,10-11H,3,8-9H2,1-2H3. The van der Waals surface area contributed by atoms with Gasteiger partial charge in [0.25, 0.3) is 0 Å². The molecule has 0 N–H and O–H groups in total. The van der Waals surface area contributed by atoms with Gasteiger partial charge in [0.1, 0.15) is 5.82 Å². The third kappa shape index (κ3) is 2.77. The number of carbonyl (C=O) groups is 2. The Hall–Kier alpha value is -2.69. The topological polar surface area (TPSA) is 46.6 Å². The van der Waals surface area contributed by atoms with Crippen molar-refractivity contribution >= 4 is 17.6 Å². The van der Waals surface area contributed by atoms with E-state index in [4.69, 9.17) is 0 Å². The molecule has 124 valence electrons. The second-order valence-electron chi connectivity index (χ2n) is 5.68. The SMILES string of the molecule is CCC(=O)N1CCc2cc(-c3ccc(C(=O)OC)cc3F)ccc21. The predicted molar refractivity (Wildman–Crippen MR) is 89.5 cm³/mol. The Balaban J connectivity index is 1.95. The van der Waals surface area contributed by atoms with Crippen LogP contribution in [0.4, 0.5) is 10.1 Å². The van der Waals surface area contributed by atoms with Crippen molar-refractivity contribution in [3.05, 3.63) is 53.3 Å². The highest BCUT2D eigenvalue weighted by molar-refractivity contribution is 5.96. The molecule has 5 heteroatoms. The number of esters is 1. The first-order valence-electron chi connectivity index (χ1n) is 7.86. The number of methoxy groups -OCH3 is 1. The fourth-order valence-electron chi connectivity index (χ4n) is 3.01. The van der Waals surface area contributed by atoms with Crippen molar-refractivity contribution in [1.82, 2.24) is 0 Å². The number of nitrogens with zero attached hydrogens (tertiary/aromatic N) is 1. The molecule has 0 spiro atoms. The lowest BCUT2D eigenvalue weighted by Crippen LogP contribution is -2.27. The van der Waals surface area contributed by atoms with E-state index in [1.807, 2.05) is 19.1 Å². The van der Waals surface area contributed by atoms with Crippen LogP contribution in [0, 0.1) is 5.82 Å². The molecule has 0 bridgehead atoms. The average Bonchev–Trinajstić information content (AvgIpc) is 3.03. The Morgan fingerprint density at radius 3 is 2.67 bits per heavy atom. The molecule has 0 radical (unpaired) electrons. The van der Waals surface area contributed by atoms with E-state index in [2.05, 4.69) is 4.74 Å². The molecule has 0 aromatic heterocycles. The van der Waals surface area contributed by atoms with Crippen LogP contribution in [0.5, 0.6) is 0 Å². The molecular formula is C19H18FNO3. The summed E-state index contributed by atoms with van der Waals surface area (Å²) in [4.78, 5) is 25.2. The third-order valence-electron chi connectivity index (χ3n) is 4.28. The Kier molecular flexibility index (Phi) is 4.34. The van der Waals surface area contributed by atoms with Crippen molar-refractivity contribution in [3.63, 3.8) is 0 Å². The lowest BCUT2D eigenvalue weighted by Gasteiger charge is -2.16. The number of hydrogen-bond acceptors (Lipinski definition) is 3. The van der Waals surface area contributed by atoms with Gasteiger partial charge in [-0.05, 0) is 41.8 Å². The van der Waals surface area contributed by atoms with E-state index in [0.29, 0.717) is 18.5 Å². The van der Waals surface area contributed by atoms with Crippen LogP contribution in [0.25, 0.3) is 11.1 Å². The van der Waals surface area contributed by atoms with Gasteiger partial charge in [0.2, 0.25) is 5.91 Å². The quantitative estimate of drug-likeness (QED) is 0.810. The number of ether oxygens (including phenoxy) is 1. The highest BCUT2D eigenvalue weighted by Gasteiger charge is 2.24. The number of fused-ring (bicyclic) bond motifs is 1. The smallest absolute Gasteiger partial charge is 0.337 e. The minimum Gasteiger partial charge on any atom is -0.465 e. The van der Waals surface area contributed by atoms with E-state index in [9.17, 15) is 14.0 Å². The summed E-state index contributed by atoms with van der Waals surface area (Å²) in [5.41, 5.74) is 3.27. The second kappa shape index (κ2) is 6.43. The molecule has 0 saturated carbocycles. The van der Waals surface area contributed by atoms with Gasteiger partial charge >= 0.3 is 5.97 Å². The summed E-state index contributed by atoms with van der Waals surface area (Å²) >= 11 is 0. The van der Waals surface area contributed by atoms with Crippen molar-refractivity contribution < 1.29 is 18.7 Å². The van der Waals surface area contributed by atoms with Crippen LogP contribution < -0.4 is 4.90 Å². The Morgan fingerprint density at radius 1 is 1.21 bits per heavy atom. The summed E-state index contributed by atoms with van der Waals surface area (Å²) in [5.74, 6) is -0.949. The maximum absolute atomic E-state index is 14.4. The number of benzene rings is 2. The molecule has 2 aromatic rings. The monoisotopic (exact) mass is 327 g/mol. The van der Waals surface area contributed by atoms with Crippen molar-refractivity contribution in [3.8, 4) is 11.1 Å². The third-order valence-corrected chi connectivity index (χ3v) is 4.28. The highest BCUT2D eigenvalue weighted by Crippen LogP contribution is 2.33. The number of carbonyl (C=O) groups excluding carboxylic acids is 2. The van der Waals surface area contributed by atoms with E-state index >= 15 is 0 Å². The van der Waals surface area contributed by atoms with Crippen LogP contribution in [-0.2, 0) is 16.0 Å². The molecular weight excluding hydrogens is 309 g/mol. The summed E-state index contributed by atoms with van der Waals surface area (Å²) in [6, 6.07) is 9.88. The predicted octanol–water partition coefficient (Wildman–Crippen LogP) is 3.58.